The number of carbonyl (C=O) groups is 1. The van der Waals surface area contributed by atoms with Gasteiger partial charge in [0.2, 0.25) is 5.91 Å². The van der Waals surface area contributed by atoms with Crippen LogP contribution in [-0.2, 0) is 4.79 Å². The number of piperazine rings is 1. The lowest BCUT2D eigenvalue weighted by Crippen LogP contribution is -2.54. The first-order valence-electron chi connectivity index (χ1n) is 11.3. The molecule has 7 heteroatoms. The lowest BCUT2D eigenvalue weighted by atomic mass is 10.00. The van der Waals surface area contributed by atoms with Crippen LogP contribution in [0.2, 0.25) is 0 Å². The minimum atomic E-state index is 0.168. The van der Waals surface area contributed by atoms with E-state index < -0.39 is 0 Å². The lowest BCUT2D eigenvalue weighted by Gasteiger charge is -2.41. The molecule has 0 radical (unpaired) electrons. The Hall–Kier alpha value is -3.09. The molecule has 3 fully saturated rings. The van der Waals surface area contributed by atoms with Gasteiger partial charge in [-0.05, 0) is 56.4 Å². The van der Waals surface area contributed by atoms with E-state index in [1.807, 2.05) is 17.0 Å². The van der Waals surface area contributed by atoms with Gasteiger partial charge in [0, 0.05) is 43.1 Å². The summed E-state index contributed by atoms with van der Waals surface area (Å²) in [5.74, 6) is 1.93. The van der Waals surface area contributed by atoms with Crippen LogP contribution in [0.1, 0.15) is 44.2 Å². The van der Waals surface area contributed by atoms with Crippen LogP contribution in [0.25, 0.3) is 22.2 Å². The molecule has 1 aliphatic heterocycles. The number of pyridine rings is 1. The van der Waals surface area contributed by atoms with E-state index in [0.29, 0.717) is 17.5 Å². The maximum Gasteiger partial charge on any atom is 0.226 e. The number of benzene rings is 1. The van der Waals surface area contributed by atoms with Crippen molar-refractivity contribution in [3.05, 3.63) is 36.4 Å². The number of amides is 1. The molecule has 0 spiro atoms. The average Bonchev–Trinajstić information content (AvgIpc) is 3.70. The van der Waals surface area contributed by atoms with Crippen molar-refractivity contribution >= 4 is 28.5 Å². The van der Waals surface area contributed by atoms with Gasteiger partial charge < -0.3 is 20.0 Å². The molecule has 160 valence electrons. The van der Waals surface area contributed by atoms with Crippen molar-refractivity contribution in [3.8, 4) is 11.1 Å². The third-order valence-corrected chi connectivity index (χ3v) is 6.80. The first-order valence-corrected chi connectivity index (χ1v) is 11.3. The van der Waals surface area contributed by atoms with Crippen molar-refractivity contribution in [1.29, 1.82) is 0 Å². The first-order chi connectivity index (χ1) is 15.1. The molecule has 3 aromatic rings. The van der Waals surface area contributed by atoms with Crippen molar-refractivity contribution in [3.63, 3.8) is 0 Å². The molecule has 2 N–H and O–H groups in total. The second kappa shape index (κ2) is 6.97. The number of hydrogen-bond donors (Lipinski definition) is 1. The third-order valence-electron chi connectivity index (χ3n) is 6.80. The predicted molar refractivity (Wildman–Crippen MR) is 120 cm³/mol. The van der Waals surface area contributed by atoms with Gasteiger partial charge in [-0.15, -0.1) is 0 Å². The van der Waals surface area contributed by atoms with Gasteiger partial charge >= 0.3 is 0 Å². The van der Waals surface area contributed by atoms with Crippen molar-refractivity contribution in [1.82, 2.24) is 14.9 Å². The molecule has 2 aliphatic carbocycles. The largest absolute Gasteiger partial charge is 0.443 e. The summed E-state index contributed by atoms with van der Waals surface area (Å²) < 4.78 is 5.50. The van der Waals surface area contributed by atoms with E-state index in [4.69, 9.17) is 15.1 Å². The van der Waals surface area contributed by atoms with E-state index >= 15 is 0 Å². The van der Waals surface area contributed by atoms with E-state index in [1.54, 1.807) is 0 Å². The first kappa shape index (κ1) is 18.7. The molecular weight excluding hydrogens is 390 g/mol. The second-order valence-corrected chi connectivity index (χ2v) is 9.24. The Morgan fingerprint density at radius 3 is 2.74 bits per heavy atom. The topological polar surface area (TPSA) is 88.5 Å². The van der Waals surface area contributed by atoms with Gasteiger partial charge in [-0.3, -0.25) is 4.79 Å². The van der Waals surface area contributed by atoms with Crippen LogP contribution in [0.5, 0.6) is 0 Å². The molecule has 7 nitrogen and oxygen atoms in total. The lowest BCUT2D eigenvalue weighted by molar-refractivity contribution is -0.134. The summed E-state index contributed by atoms with van der Waals surface area (Å²) in [5, 5.41) is 0. The Balaban J connectivity index is 1.32. The van der Waals surface area contributed by atoms with Crippen LogP contribution < -0.4 is 10.6 Å². The number of fused-ring (bicyclic) bond motifs is 1. The minimum absolute atomic E-state index is 0.168. The normalized spacial score (nSPS) is 21.6. The molecule has 1 saturated heterocycles. The number of nitrogens with two attached hydrogens (primary N) is 1. The number of hydrogen-bond acceptors (Lipinski definition) is 6. The van der Waals surface area contributed by atoms with Crippen molar-refractivity contribution in [2.24, 2.45) is 5.92 Å². The van der Waals surface area contributed by atoms with E-state index in [9.17, 15) is 4.79 Å². The second-order valence-electron chi connectivity index (χ2n) is 9.24. The maximum atomic E-state index is 12.6. The third kappa shape index (κ3) is 3.32. The zero-order valence-electron chi connectivity index (χ0n) is 17.8. The average molecular weight is 418 g/mol. The van der Waals surface area contributed by atoms with Gasteiger partial charge in [-0.2, -0.15) is 0 Å². The molecule has 1 amide bonds. The Morgan fingerprint density at radius 1 is 1.16 bits per heavy atom. The molecule has 31 heavy (non-hydrogen) atoms. The summed E-state index contributed by atoms with van der Waals surface area (Å²) in [6.45, 7) is 4.41. The highest BCUT2D eigenvalue weighted by atomic mass is 16.3. The molecule has 1 aromatic carbocycles. The standard InChI is InChI=1S/C24H27N5O2/c1-14-12-28(8-9-29(14)24(30)16-4-5-16)23-19(25)11-18(22(27-23)15-2-3-15)17-6-7-20-21(10-17)31-13-26-20/h6-7,10-11,13-16H,2-5,8-9,12,25H2,1H3/t14-/m1/s1. The Morgan fingerprint density at radius 2 is 2.00 bits per heavy atom. The van der Waals surface area contributed by atoms with Gasteiger partial charge in [0.05, 0.1) is 11.4 Å². The van der Waals surface area contributed by atoms with Crippen molar-refractivity contribution in [2.45, 2.75) is 44.6 Å². The van der Waals surface area contributed by atoms with E-state index in [1.165, 1.54) is 6.39 Å². The van der Waals surface area contributed by atoms with Crippen LogP contribution in [0.15, 0.2) is 35.1 Å². The van der Waals surface area contributed by atoms with Crippen LogP contribution in [0.4, 0.5) is 11.5 Å². The number of oxazole rings is 1. The number of rotatable bonds is 4. The number of carbonyl (C=O) groups excluding carboxylic acids is 1. The highest BCUT2D eigenvalue weighted by Crippen LogP contribution is 2.46. The van der Waals surface area contributed by atoms with Crippen molar-refractivity contribution < 1.29 is 9.21 Å². The number of anilines is 2. The molecule has 3 aliphatic rings. The molecule has 2 aromatic heterocycles. The van der Waals surface area contributed by atoms with Crippen LogP contribution in [-0.4, -0.2) is 46.5 Å². The summed E-state index contributed by atoms with van der Waals surface area (Å²) in [6, 6.07) is 8.30. The van der Waals surface area contributed by atoms with Crippen molar-refractivity contribution in [2.75, 3.05) is 30.3 Å². The highest BCUT2D eigenvalue weighted by molar-refractivity contribution is 5.84. The van der Waals surface area contributed by atoms with E-state index in [2.05, 4.69) is 28.9 Å². The van der Waals surface area contributed by atoms with Gasteiger partial charge in [-0.1, -0.05) is 6.07 Å². The SMILES string of the molecule is C[C@@H]1CN(c2nc(C3CC3)c(-c3ccc4ncoc4c3)cc2N)CCN1C(=O)C1CC1. The molecule has 6 rings (SSSR count). The van der Waals surface area contributed by atoms with Gasteiger partial charge in [0.25, 0.3) is 0 Å². The summed E-state index contributed by atoms with van der Waals surface area (Å²) in [5.41, 5.74) is 12.1. The zero-order valence-corrected chi connectivity index (χ0v) is 17.8. The quantitative estimate of drug-likeness (QED) is 0.695. The zero-order chi connectivity index (χ0) is 21.1. The summed E-state index contributed by atoms with van der Waals surface area (Å²) in [4.78, 5) is 26.2. The van der Waals surface area contributed by atoms with E-state index in [0.717, 1.165) is 79.1 Å². The minimum Gasteiger partial charge on any atom is -0.443 e. The van der Waals surface area contributed by atoms with Crippen LogP contribution in [0.3, 0.4) is 0 Å². The number of aromatic nitrogens is 2. The summed E-state index contributed by atoms with van der Waals surface area (Å²) in [6.07, 6.45) is 5.89. The monoisotopic (exact) mass is 417 g/mol. The molecule has 1 atom stereocenters. The molecule has 0 unspecified atom stereocenters. The molecular formula is C24H27N5O2. The Labute approximate surface area is 181 Å². The van der Waals surface area contributed by atoms with Gasteiger partial charge in [-0.25, -0.2) is 9.97 Å². The van der Waals surface area contributed by atoms with E-state index in [-0.39, 0.29) is 12.0 Å². The Kier molecular flexibility index (Phi) is 4.20. The Bertz CT molecular complexity index is 1160. The number of nitrogens with zero attached hydrogens (tertiary/aromatic N) is 4. The maximum absolute atomic E-state index is 12.6. The summed E-state index contributed by atoms with van der Waals surface area (Å²) in [7, 11) is 0. The number of nitrogen functional groups attached to an aromatic ring is 1. The van der Waals surface area contributed by atoms with Gasteiger partial charge in [0.15, 0.2) is 17.8 Å². The smallest absolute Gasteiger partial charge is 0.226 e. The van der Waals surface area contributed by atoms with Crippen LogP contribution in [0, 0.1) is 5.92 Å². The van der Waals surface area contributed by atoms with Gasteiger partial charge in [0.1, 0.15) is 5.52 Å². The molecule has 2 saturated carbocycles. The highest BCUT2D eigenvalue weighted by Gasteiger charge is 2.38. The fourth-order valence-electron chi connectivity index (χ4n) is 4.75. The molecule has 0 bridgehead atoms. The molecule has 3 heterocycles. The fraction of sp³-hybridized carbons (Fsp3) is 0.458. The summed E-state index contributed by atoms with van der Waals surface area (Å²) >= 11 is 0. The van der Waals surface area contributed by atoms with Crippen LogP contribution >= 0.6 is 0 Å². The predicted octanol–water partition coefficient (Wildman–Crippen LogP) is 3.80. The fourth-order valence-corrected chi connectivity index (χ4v) is 4.75.